The molecule has 0 aromatic heterocycles. The van der Waals surface area contributed by atoms with Crippen LogP contribution in [0, 0.1) is 5.92 Å². The Morgan fingerprint density at radius 1 is 0.307 bits per heavy atom. The van der Waals surface area contributed by atoms with Crippen LogP contribution in [0.4, 0.5) is 0 Å². The van der Waals surface area contributed by atoms with Crippen molar-refractivity contribution in [3.8, 4) is 0 Å². The maximum absolute atomic E-state index is 13.0. The van der Waals surface area contributed by atoms with Gasteiger partial charge in [0.15, 0.2) is 12.2 Å². The molecule has 0 spiro atoms. The average molecular weight is 1300 g/mol. The molecule has 0 aliphatic heterocycles. The highest BCUT2D eigenvalue weighted by Gasteiger charge is 2.30. The molecule has 17 nitrogen and oxygen atoms in total. The number of ether oxygens (including phenoxy) is 4. The van der Waals surface area contributed by atoms with Gasteiger partial charge in [0.05, 0.1) is 26.4 Å². The predicted molar refractivity (Wildman–Crippen MR) is 354 cm³/mol. The lowest BCUT2D eigenvalue weighted by Gasteiger charge is -2.21. The molecule has 522 valence electrons. The Labute approximate surface area is 537 Å². The Hall–Kier alpha value is -1.94. The van der Waals surface area contributed by atoms with Gasteiger partial charge in [0.2, 0.25) is 0 Å². The lowest BCUT2D eigenvalue weighted by atomic mass is 10.0. The first kappa shape index (κ1) is 86.1. The zero-order valence-corrected chi connectivity index (χ0v) is 58.6. The van der Waals surface area contributed by atoms with Gasteiger partial charge < -0.3 is 33.8 Å². The first-order chi connectivity index (χ1) is 42.5. The zero-order valence-electron chi connectivity index (χ0n) is 56.9. The number of hydrogen-bond donors (Lipinski definition) is 3. The molecule has 0 saturated carbocycles. The van der Waals surface area contributed by atoms with E-state index in [1.807, 2.05) is 0 Å². The fourth-order valence-corrected chi connectivity index (χ4v) is 12.0. The predicted octanol–water partition coefficient (Wildman–Crippen LogP) is 19.7. The normalized spacial score (nSPS) is 14.1. The molecule has 0 radical (unpaired) electrons. The van der Waals surface area contributed by atoms with Gasteiger partial charge in [0.25, 0.3) is 0 Å². The number of rotatable bonds is 69. The summed E-state index contributed by atoms with van der Waals surface area (Å²) >= 11 is 0. The maximum atomic E-state index is 13.0. The zero-order chi connectivity index (χ0) is 64.9. The van der Waals surface area contributed by atoms with Crippen molar-refractivity contribution in [1.82, 2.24) is 0 Å². The van der Waals surface area contributed by atoms with Crippen LogP contribution in [-0.4, -0.2) is 96.7 Å². The number of hydrogen-bond acceptors (Lipinski definition) is 15. The van der Waals surface area contributed by atoms with Crippen molar-refractivity contribution in [3.63, 3.8) is 0 Å². The van der Waals surface area contributed by atoms with E-state index in [9.17, 15) is 43.2 Å². The molecular formula is C69H134O17P2. The van der Waals surface area contributed by atoms with E-state index in [4.69, 9.17) is 37.0 Å². The summed E-state index contributed by atoms with van der Waals surface area (Å²) in [5.74, 6) is -1.39. The van der Waals surface area contributed by atoms with Gasteiger partial charge in [-0.3, -0.25) is 37.3 Å². The van der Waals surface area contributed by atoms with E-state index in [1.165, 1.54) is 173 Å². The number of esters is 4. The quantitative estimate of drug-likeness (QED) is 0.0222. The molecule has 2 unspecified atom stereocenters. The summed E-state index contributed by atoms with van der Waals surface area (Å²) in [7, 11) is -9.88. The molecular weight excluding hydrogens is 1160 g/mol. The van der Waals surface area contributed by atoms with E-state index in [-0.39, 0.29) is 25.7 Å². The Balaban J connectivity index is 5.09. The molecule has 0 aliphatic carbocycles. The van der Waals surface area contributed by atoms with E-state index in [0.717, 1.165) is 102 Å². The molecule has 0 heterocycles. The third-order valence-electron chi connectivity index (χ3n) is 16.0. The monoisotopic (exact) mass is 1300 g/mol. The highest BCUT2D eigenvalue weighted by atomic mass is 31.2. The van der Waals surface area contributed by atoms with Crippen molar-refractivity contribution in [2.45, 2.75) is 374 Å². The molecule has 0 aromatic carbocycles. The van der Waals surface area contributed by atoms with Gasteiger partial charge in [-0.05, 0) is 31.6 Å². The standard InChI is InChI=1S/C69H134O17P2/c1-6-9-12-15-17-19-21-22-23-24-25-26-27-28-29-30-31-35-40-45-50-55-69(74)86-65(59-80-67(72)53-48-43-38-36-32-33-37-42-46-51-62(4)5)61-84-88(77,78)82-57-63(70)56-81-87(75,76)83-60-64(58-79-66(71)52-47-41-14-11-8-3)85-68(73)54-49-44-39-34-20-18-16-13-10-7-2/h62-65,70H,6-61H2,1-5H3,(H,75,76)(H,77,78)/t63-,64+,65+/m0/s1. The third kappa shape index (κ3) is 62.8. The number of carbonyl (C=O) groups is 4. The van der Waals surface area contributed by atoms with E-state index in [1.54, 1.807) is 0 Å². The second-order valence-electron chi connectivity index (χ2n) is 25.4. The van der Waals surface area contributed by atoms with Crippen LogP contribution in [0.15, 0.2) is 0 Å². The van der Waals surface area contributed by atoms with Crippen LogP contribution in [0.2, 0.25) is 0 Å². The molecule has 0 rings (SSSR count). The molecule has 0 fully saturated rings. The summed E-state index contributed by atoms with van der Waals surface area (Å²) in [5.41, 5.74) is 0. The fourth-order valence-electron chi connectivity index (χ4n) is 10.5. The minimum Gasteiger partial charge on any atom is -0.462 e. The second-order valence-corrected chi connectivity index (χ2v) is 28.3. The minimum absolute atomic E-state index is 0.106. The van der Waals surface area contributed by atoms with Crippen molar-refractivity contribution in [3.05, 3.63) is 0 Å². The van der Waals surface area contributed by atoms with Gasteiger partial charge in [0, 0.05) is 25.7 Å². The topological polar surface area (TPSA) is 237 Å². The van der Waals surface area contributed by atoms with Gasteiger partial charge in [-0.2, -0.15) is 0 Å². The SMILES string of the molecule is CCCCCCCCCCCCCCCCCCCCCCCC(=O)O[C@H](COC(=O)CCCCCCCCCCCC(C)C)COP(=O)(O)OC[C@@H](O)COP(=O)(O)OC[C@@H](COC(=O)CCCCCCC)OC(=O)CCCCCCCCCCCC. The minimum atomic E-state index is -4.95. The molecule has 5 atom stereocenters. The van der Waals surface area contributed by atoms with Gasteiger partial charge in [-0.25, -0.2) is 9.13 Å². The first-order valence-corrected chi connectivity index (χ1v) is 39.1. The van der Waals surface area contributed by atoms with Crippen LogP contribution < -0.4 is 0 Å². The van der Waals surface area contributed by atoms with E-state index >= 15 is 0 Å². The molecule has 3 N–H and O–H groups in total. The summed E-state index contributed by atoms with van der Waals surface area (Å²) in [5, 5.41) is 10.5. The second kappa shape index (κ2) is 62.5. The summed E-state index contributed by atoms with van der Waals surface area (Å²) in [6.07, 6.45) is 49.1. The number of unbranched alkanes of at least 4 members (excludes halogenated alkanes) is 41. The van der Waals surface area contributed by atoms with Crippen LogP contribution in [-0.2, 0) is 65.4 Å². The number of carbonyl (C=O) groups excluding carboxylic acids is 4. The molecule has 19 heteroatoms. The summed E-state index contributed by atoms with van der Waals surface area (Å²) in [6.45, 7) is 7.12. The number of aliphatic hydroxyl groups excluding tert-OH is 1. The van der Waals surface area contributed by atoms with Crippen molar-refractivity contribution in [2.24, 2.45) is 5.92 Å². The first-order valence-electron chi connectivity index (χ1n) is 36.1. The van der Waals surface area contributed by atoms with Gasteiger partial charge >= 0.3 is 39.5 Å². The van der Waals surface area contributed by atoms with Crippen molar-refractivity contribution in [1.29, 1.82) is 0 Å². The van der Waals surface area contributed by atoms with E-state index < -0.39 is 97.5 Å². The van der Waals surface area contributed by atoms with E-state index in [0.29, 0.717) is 25.7 Å². The molecule has 0 amide bonds. The molecule has 0 bridgehead atoms. The van der Waals surface area contributed by atoms with Gasteiger partial charge in [-0.15, -0.1) is 0 Å². The van der Waals surface area contributed by atoms with Crippen molar-refractivity contribution < 1.29 is 80.2 Å². The molecule has 0 saturated heterocycles. The number of aliphatic hydroxyl groups is 1. The largest absolute Gasteiger partial charge is 0.472 e. The van der Waals surface area contributed by atoms with Crippen LogP contribution in [0.1, 0.15) is 356 Å². The summed E-state index contributed by atoms with van der Waals surface area (Å²) < 4.78 is 68.0. The van der Waals surface area contributed by atoms with Crippen LogP contribution in [0.25, 0.3) is 0 Å². The average Bonchev–Trinajstić information content (AvgIpc) is 3.70. The van der Waals surface area contributed by atoms with Crippen LogP contribution >= 0.6 is 15.6 Å². The highest BCUT2D eigenvalue weighted by molar-refractivity contribution is 7.47. The van der Waals surface area contributed by atoms with Gasteiger partial charge in [-0.1, -0.05) is 304 Å². The molecule has 0 aliphatic rings. The number of phosphoric ester groups is 2. The lowest BCUT2D eigenvalue weighted by Crippen LogP contribution is -2.30. The smallest absolute Gasteiger partial charge is 0.462 e. The highest BCUT2D eigenvalue weighted by Crippen LogP contribution is 2.45. The Kier molecular flexibility index (Phi) is 61.1. The summed E-state index contributed by atoms with van der Waals surface area (Å²) in [4.78, 5) is 72.1. The van der Waals surface area contributed by atoms with Crippen molar-refractivity contribution in [2.75, 3.05) is 39.6 Å². The lowest BCUT2D eigenvalue weighted by molar-refractivity contribution is -0.161. The Morgan fingerprint density at radius 3 is 0.773 bits per heavy atom. The Morgan fingerprint density at radius 2 is 0.523 bits per heavy atom. The molecule has 88 heavy (non-hydrogen) atoms. The fraction of sp³-hybridized carbons (Fsp3) is 0.942. The third-order valence-corrected chi connectivity index (χ3v) is 17.9. The summed E-state index contributed by atoms with van der Waals surface area (Å²) in [6, 6.07) is 0. The van der Waals surface area contributed by atoms with Crippen LogP contribution in [0.3, 0.4) is 0 Å². The maximum Gasteiger partial charge on any atom is 0.472 e. The number of phosphoric acid groups is 2. The van der Waals surface area contributed by atoms with Gasteiger partial charge in [0.1, 0.15) is 19.3 Å². The van der Waals surface area contributed by atoms with Crippen molar-refractivity contribution >= 4 is 39.5 Å². The Bertz CT molecular complexity index is 1700. The van der Waals surface area contributed by atoms with Crippen LogP contribution in [0.5, 0.6) is 0 Å². The van der Waals surface area contributed by atoms with E-state index in [2.05, 4.69) is 34.6 Å². The molecule has 0 aromatic rings.